The highest BCUT2D eigenvalue weighted by Crippen LogP contribution is 2.57. The van der Waals surface area contributed by atoms with Crippen molar-refractivity contribution >= 4 is 5.78 Å². The molecule has 2 aromatic carbocycles. The van der Waals surface area contributed by atoms with Crippen LogP contribution in [0.5, 0.6) is 0 Å². The Hall–Kier alpha value is -2.13. The van der Waals surface area contributed by atoms with E-state index in [0.29, 0.717) is 22.3 Å². The van der Waals surface area contributed by atoms with E-state index < -0.39 is 52.5 Å². The molecular formula is C34H44O7. The van der Waals surface area contributed by atoms with Gasteiger partial charge in [0.1, 0.15) is 0 Å². The first kappa shape index (κ1) is 29.0. The van der Waals surface area contributed by atoms with Gasteiger partial charge in [-0.1, -0.05) is 24.3 Å². The molecule has 0 N–H and O–H groups in total. The van der Waals surface area contributed by atoms with E-state index in [-0.39, 0.29) is 5.78 Å². The first-order chi connectivity index (χ1) is 18.7. The van der Waals surface area contributed by atoms with Gasteiger partial charge in [-0.3, -0.25) is 4.79 Å². The Morgan fingerprint density at radius 3 is 1.29 bits per heavy atom. The molecule has 0 aromatic heterocycles. The van der Waals surface area contributed by atoms with Crippen LogP contribution in [0.2, 0.25) is 0 Å². The van der Waals surface area contributed by atoms with Gasteiger partial charge in [-0.2, -0.15) is 0 Å². The second-order valence-electron chi connectivity index (χ2n) is 14.9. The van der Waals surface area contributed by atoms with Crippen LogP contribution in [0.25, 0.3) is 11.1 Å². The van der Waals surface area contributed by atoms with E-state index >= 15 is 0 Å². The molecule has 4 aliphatic rings. The number of hydrogen-bond acceptors (Lipinski definition) is 7. The van der Waals surface area contributed by atoms with Gasteiger partial charge in [0.05, 0.1) is 33.6 Å². The van der Waals surface area contributed by atoms with Gasteiger partial charge >= 0.3 is 0 Å². The van der Waals surface area contributed by atoms with Gasteiger partial charge < -0.3 is 28.4 Å². The summed E-state index contributed by atoms with van der Waals surface area (Å²) in [6, 6.07) is 9.72. The molecule has 0 bridgehead atoms. The number of carbonyl (C=O) groups is 1. The van der Waals surface area contributed by atoms with Crippen molar-refractivity contribution in [2.24, 2.45) is 0 Å². The third-order valence-electron chi connectivity index (χ3n) is 10.6. The standard InChI is InChI=1S/C34H44O7/c1-29(2)30(3,4)37-26(36-29)21-17-20-18-15-13-14-16-19(18)25(35)22(20)24(28-40-33(9,10)34(11,12)41-28)23(21)27-38-31(5,6)32(7,8)39-27/h13-17,26-28H,1-12H3. The third-order valence-corrected chi connectivity index (χ3v) is 10.6. The zero-order chi connectivity index (χ0) is 30.1. The summed E-state index contributed by atoms with van der Waals surface area (Å²) in [5, 5.41) is 0. The summed E-state index contributed by atoms with van der Waals surface area (Å²) in [7, 11) is 0. The average Bonchev–Trinajstić information content (AvgIpc) is 3.41. The molecular weight excluding hydrogens is 520 g/mol. The van der Waals surface area contributed by atoms with Crippen LogP contribution < -0.4 is 0 Å². The molecule has 3 saturated heterocycles. The number of hydrogen-bond donors (Lipinski definition) is 0. The molecule has 6 rings (SSSR count). The van der Waals surface area contributed by atoms with Crippen molar-refractivity contribution in [3.05, 3.63) is 58.1 Å². The smallest absolute Gasteiger partial charge is 0.194 e. The normalized spacial score (nSPS) is 27.4. The third kappa shape index (κ3) is 4.04. The molecule has 222 valence electrons. The molecule has 0 saturated carbocycles. The van der Waals surface area contributed by atoms with Crippen molar-refractivity contribution < 1.29 is 33.2 Å². The predicted molar refractivity (Wildman–Crippen MR) is 155 cm³/mol. The second-order valence-corrected chi connectivity index (χ2v) is 14.9. The van der Waals surface area contributed by atoms with Crippen molar-refractivity contribution in [3.8, 4) is 11.1 Å². The van der Waals surface area contributed by atoms with E-state index in [1.54, 1.807) is 0 Å². The van der Waals surface area contributed by atoms with Gasteiger partial charge in [0, 0.05) is 27.8 Å². The van der Waals surface area contributed by atoms with Gasteiger partial charge in [0.15, 0.2) is 24.7 Å². The topological polar surface area (TPSA) is 72.5 Å². The molecule has 0 atom stereocenters. The molecule has 0 spiro atoms. The maximum Gasteiger partial charge on any atom is 0.194 e. The maximum atomic E-state index is 14.2. The van der Waals surface area contributed by atoms with Gasteiger partial charge in [-0.05, 0) is 100 Å². The van der Waals surface area contributed by atoms with Crippen LogP contribution in [-0.2, 0) is 28.4 Å². The van der Waals surface area contributed by atoms with Crippen LogP contribution in [-0.4, -0.2) is 39.4 Å². The first-order valence-corrected chi connectivity index (χ1v) is 14.6. The molecule has 3 fully saturated rings. The molecule has 2 aromatic rings. The Bertz CT molecular complexity index is 1400. The molecule has 0 amide bonds. The Labute approximate surface area is 243 Å². The number of benzene rings is 2. The summed E-state index contributed by atoms with van der Waals surface area (Å²) in [6.45, 7) is 24.2. The highest BCUT2D eigenvalue weighted by Gasteiger charge is 2.57. The minimum atomic E-state index is -0.844. The molecule has 0 radical (unpaired) electrons. The monoisotopic (exact) mass is 564 g/mol. The Morgan fingerprint density at radius 1 is 0.488 bits per heavy atom. The van der Waals surface area contributed by atoms with E-state index in [0.717, 1.165) is 16.7 Å². The van der Waals surface area contributed by atoms with Gasteiger partial charge in [0.2, 0.25) is 0 Å². The number of ketones is 1. The van der Waals surface area contributed by atoms with E-state index in [9.17, 15) is 4.79 Å². The summed E-state index contributed by atoms with van der Waals surface area (Å²) in [6.07, 6.45) is -2.39. The van der Waals surface area contributed by atoms with Crippen molar-refractivity contribution in [2.75, 3.05) is 0 Å². The first-order valence-electron chi connectivity index (χ1n) is 14.6. The summed E-state index contributed by atoms with van der Waals surface area (Å²) in [4.78, 5) is 14.2. The fraction of sp³-hybridized carbons (Fsp3) is 0.618. The molecule has 7 heteroatoms. The Balaban J connectivity index is 1.67. The van der Waals surface area contributed by atoms with Crippen molar-refractivity contribution in [1.29, 1.82) is 0 Å². The summed E-state index contributed by atoms with van der Waals surface area (Å²) >= 11 is 0. The van der Waals surface area contributed by atoms with Gasteiger partial charge in [-0.15, -0.1) is 0 Å². The molecule has 1 aliphatic carbocycles. The molecule has 3 aliphatic heterocycles. The van der Waals surface area contributed by atoms with Crippen LogP contribution in [0.4, 0.5) is 0 Å². The summed E-state index contributed by atoms with van der Waals surface area (Å²) in [5.74, 6) is -0.0708. The van der Waals surface area contributed by atoms with Crippen LogP contribution in [0, 0.1) is 0 Å². The number of rotatable bonds is 3. The van der Waals surface area contributed by atoms with E-state index in [4.69, 9.17) is 28.4 Å². The average molecular weight is 565 g/mol. The largest absolute Gasteiger partial charge is 0.339 e. The van der Waals surface area contributed by atoms with Crippen LogP contribution in [0.15, 0.2) is 30.3 Å². The SMILES string of the molecule is CC1(C)OC(c2cc3c(c(C4OC(C)(C)C(C)(C)O4)c2C2OC(C)(C)C(C)(C)O2)C(=O)c2ccccc2-3)OC1(C)C. The maximum absolute atomic E-state index is 14.2. The lowest BCUT2D eigenvalue weighted by atomic mass is 9.89. The quantitative estimate of drug-likeness (QED) is 0.323. The summed E-state index contributed by atoms with van der Waals surface area (Å²) in [5.41, 5.74) is 1.23. The van der Waals surface area contributed by atoms with E-state index in [1.165, 1.54) is 0 Å². The molecule has 7 nitrogen and oxygen atoms in total. The zero-order valence-corrected chi connectivity index (χ0v) is 26.5. The molecule has 41 heavy (non-hydrogen) atoms. The highest BCUT2D eigenvalue weighted by atomic mass is 16.8. The summed E-state index contributed by atoms with van der Waals surface area (Å²) < 4.78 is 39.9. The molecule has 0 unspecified atom stereocenters. The Morgan fingerprint density at radius 2 is 0.854 bits per heavy atom. The lowest BCUT2D eigenvalue weighted by molar-refractivity contribution is -0.117. The highest BCUT2D eigenvalue weighted by molar-refractivity contribution is 6.22. The minimum Gasteiger partial charge on any atom is -0.339 e. The lowest BCUT2D eigenvalue weighted by Gasteiger charge is -2.30. The Kier molecular flexibility index (Phi) is 6.00. The lowest BCUT2D eigenvalue weighted by Crippen LogP contribution is -2.41. The fourth-order valence-electron chi connectivity index (χ4n) is 5.84. The predicted octanol–water partition coefficient (Wildman–Crippen LogP) is 7.71. The van der Waals surface area contributed by atoms with Crippen LogP contribution in [0.3, 0.4) is 0 Å². The van der Waals surface area contributed by atoms with Crippen molar-refractivity contribution in [2.45, 2.75) is 136 Å². The van der Waals surface area contributed by atoms with E-state index in [2.05, 4.69) is 0 Å². The van der Waals surface area contributed by atoms with Crippen molar-refractivity contribution in [1.82, 2.24) is 0 Å². The number of ether oxygens (including phenoxy) is 6. The van der Waals surface area contributed by atoms with Gasteiger partial charge in [-0.25, -0.2) is 0 Å². The van der Waals surface area contributed by atoms with Crippen LogP contribution in [0.1, 0.15) is 135 Å². The number of fused-ring (bicyclic) bond motifs is 3. The second kappa shape index (κ2) is 8.49. The number of carbonyl (C=O) groups excluding carboxylic acids is 1. The van der Waals surface area contributed by atoms with Crippen molar-refractivity contribution in [3.63, 3.8) is 0 Å². The van der Waals surface area contributed by atoms with Gasteiger partial charge in [0.25, 0.3) is 0 Å². The van der Waals surface area contributed by atoms with Crippen LogP contribution >= 0.6 is 0 Å². The van der Waals surface area contributed by atoms with E-state index in [1.807, 2.05) is 113 Å². The fourth-order valence-corrected chi connectivity index (χ4v) is 5.84. The molecule has 3 heterocycles. The zero-order valence-electron chi connectivity index (χ0n) is 26.5. The minimum absolute atomic E-state index is 0.0708.